The maximum Gasteiger partial charge on any atom is 0.253 e. The van der Waals surface area contributed by atoms with Crippen LogP contribution in [0.4, 0.5) is 0 Å². The normalized spacial score (nSPS) is 19.0. The van der Waals surface area contributed by atoms with Crippen LogP contribution in [-0.4, -0.2) is 55.0 Å². The van der Waals surface area contributed by atoms with Crippen molar-refractivity contribution in [3.05, 3.63) is 42.0 Å². The van der Waals surface area contributed by atoms with Gasteiger partial charge in [0.25, 0.3) is 5.91 Å². The van der Waals surface area contributed by atoms with Gasteiger partial charge in [-0.05, 0) is 79.7 Å². The van der Waals surface area contributed by atoms with Crippen molar-refractivity contribution in [3.8, 4) is 5.75 Å². The van der Waals surface area contributed by atoms with Crippen LogP contribution in [0.15, 0.2) is 36.4 Å². The largest absolute Gasteiger partial charge is 0.493 e. The smallest absolute Gasteiger partial charge is 0.253 e. The van der Waals surface area contributed by atoms with E-state index in [2.05, 4.69) is 43.9 Å². The highest BCUT2D eigenvalue weighted by atomic mass is 16.5. The minimum atomic E-state index is 0.120. The van der Waals surface area contributed by atoms with Gasteiger partial charge in [0, 0.05) is 30.6 Å². The molecule has 2 saturated heterocycles. The lowest BCUT2D eigenvalue weighted by Crippen LogP contribution is -2.40. The minimum absolute atomic E-state index is 0.120. The molecule has 4 heteroatoms. The number of ether oxygens (including phenoxy) is 1. The molecule has 0 radical (unpaired) electrons. The molecule has 4 nitrogen and oxygen atoms in total. The van der Waals surface area contributed by atoms with Gasteiger partial charge in [-0.3, -0.25) is 4.79 Å². The Kier molecular flexibility index (Phi) is 6.86. The van der Waals surface area contributed by atoms with Crippen molar-refractivity contribution in [1.29, 1.82) is 0 Å². The lowest BCUT2D eigenvalue weighted by molar-refractivity contribution is 0.0697. The van der Waals surface area contributed by atoms with Crippen LogP contribution in [0.2, 0.25) is 0 Å². The summed E-state index contributed by atoms with van der Waals surface area (Å²) in [5.74, 6) is 1.79. The molecular formula is C27H38N2O2. The average molecular weight is 423 g/mol. The summed E-state index contributed by atoms with van der Waals surface area (Å²) >= 11 is 0. The topological polar surface area (TPSA) is 32.8 Å². The standard InChI is InChI=1S/C27H38N2O2/c1-21-11-15-29(16-12-21)26(30)24-8-7-23-18-25(10-9-22(23)17-24)31-20-27(2,3)19-28-13-5-4-6-14-28/h7-10,17-18,21H,4-6,11-16,19-20H2,1-3H3. The highest BCUT2D eigenvalue weighted by molar-refractivity contribution is 5.98. The molecule has 0 aromatic heterocycles. The maximum absolute atomic E-state index is 12.9. The van der Waals surface area contributed by atoms with Gasteiger partial charge in [0.1, 0.15) is 5.75 Å². The fourth-order valence-corrected chi connectivity index (χ4v) is 4.89. The van der Waals surface area contributed by atoms with Crippen molar-refractivity contribution in [2.24, 2.45) is 11.3 Å². The molecule has 2 aliphatic heterocycles. The van der Waals surface area contributed by atoms with E-state index >= 15 is 0 Å². The Bertz CT molecular complexity index is 893. The van der Waals surface area contributed by atoms with Gasteiger partial charge >= 0.3 is 0 Å². The number of amides is 1. The molecule has 1 amide bonds. The van der Waals surface area contributed by atoms with Gasteiger partial charge in [-0.2, -0.15) is 0 Å². The number of fused-ring (bicyclic) bond motifs is 1. The Morgan fingerprint density at radius 3 is 2.39 bits per heavy atom. The summed E-state index contributed by atoms with van der Waals surface area (Å²) in [5.41, 5.74) is 0.910. The van der Waals surface area contributed by atoms with Crippen molar-refractivity contribution < 1.29 is 9.53 Å². The fourth-order valence-electron chi connectivity index (χ4n) is 4.89. The zero-order valence-corrected chi connectivity index (χ0v) is 19.5. The quantitative estimate of drug-likeness (QED) is 0.607. The van der Waals surface area contributed by atoms with Crippen molar-refractivity contribution in [2.45, 2.75) is 52.9 Å². The van der Waals surface area contributed by atoms with E-state index in [0.717, 1.165) is 60.5 Å². The van der Waals surface area contributed by atoms with E-state index in [-0.39, 0.29) is 11.3 Å². The summed E-state index contributed by atoms with van der Waals surface area (Å²) in [4.78, 5) is 17.5. The number of hydrogen-bond donors (Lipinski definition) is 0. The maximum atomic E-state index is 12.9. The molecule has 0 spiro atoms. The van der Waals surface area contributed by atoms with Crippen LogP contribution in [0.3, 0.4) is 0 Å². The van der Waals surface area contributed by atoms with E-state index in [0.29, 0.717) is 6.61 Å². The Hall–Kier alpha value is -2.07. The molecule has 2 fully saturated rings. The number of hydrogen-bond acceptors (Lipinski definition) is 3. The first-order valence-corrected chi connectivity index (χ1v) is 12.1. The second-order valence-electron chi connectivity index (χ2n) is 10.5. The van der Waals surface area contributed by atoms with E-state index in [1.54, 1.807) is 0 Å². The molecule has 0 aliphatic carbocycles. The molecular weight excluding hydrogens is 384 g/mol. The molecule has 0 bridgehead atoms. The number of rotatable bonds is 6. The van der Waals surface area contributed by atoms with E-state index in [1.807, 2.05) is 23.1 Å². The second kappa shape index (κ2) is 9.60. The van der Waals surface area contributed by atoms with Gasteiger partial charge in [-0.1, -0.05) is 39.3 Å². The van der Waals surface area contributed by atoms with E-state index < -0.39 is 0 Å². The molecule has 0 unspecified atom stereocenters. The molecule has 4 rings (SSSR count). The van der Waals surface area contributed by atoms with Crippen LogP contribution in [-0.2, 0) is 0 Å². The summed E-state index contributed by atoms with van der Waals surface area (Å²) in [7, 11) is 0. The first kappa shape index (κ1) is 22.1. The van der Waals surface area contributed by atoms with Gasteiger partial charge in [0.2, 0.25) is 0 Å². The highest BCUT2D eigenvalue weighted by Gasteiger charge is 2.24. The Morgan fingerprint density at radius 2 is 1.65 bits per heavy atom. The van der Waals surface area contributed by atoms with Crippen LogP contribution in [0.25, 0.3) is 10.8 Å². The molecule has 2 aromatic carbocycles. The van der Waals surface area contributed by atoms with E-state index in [1.165, 1.54) is 32.4 Å². The Balaban J connectivity index is 1.38. The molecule has 0 atom stereocenters. The van der Waals surface area contributed by atoms with E-state index in [4.69, 9.17) is 4.74 Å². The third kappa shape index (κ3) is 5.79. The van der Waals surface area contributed by atoms with Gasteiger partial charge in [0.15, 0.2) is 0 Å². The van der Waals surface area contributed by atoms with Crippen molar-refractivity contribution in [1.82, 2.24) is 9.80 Å². The first-order valence-electron chi connectivity index (χ1n) is 12.1. The van der Waals surface area contributed by atoms with Gasteiger partial charge in [0.05, 0.1) is 6.61 Å². The van der Waals surface area contributed by atoms with Crippen molar-refractivity contribution >= 4 is 16.7 Å². The number of benzene rings is 2. The predicted octanol–water partition coefficient (Wildman–Crippen LogP) is 5.60. The van der Waals surface area contributed by atoms with Crippen LogP contribution < -0.4 is 4.74 Å². The lowest BCUT2D eigenvalue weighted by atomic mass is 9.93. The van der Waals surface area contributed by atoms with Crippen LogP contribution >= 0.6 is 0 Å². The zero-order chi connectivity index (χ0) is 21.8. The summed E-state index contributed by atoms with van der Waals surface area (Å²) in [6, 6.07) is 12.3. The number of likely N-dealkylation sites (tertiary alicyclic amines) is 2. The third-order valence-electron chi connectivity index (χ3n) is 6.86. The summed E-state index contributed by atoms with van der Waals surface area (Å²) < 4.78 is 6.20. The van der Waals surface area contributed by atoms with Crippen LogP contribution in [0.1, 0.15) is 63.2 Å². The molecule has 2 aromatic rings. The molecule has 0 N–H and O–H groups in total. The predicted molar refractivity (Wildman–Crippen MR) is 128 cm³/mol. The van der Waals surface area contributed by atoms with Gasteiger partial charge in [-0.25, -0.2) is 0 Å². The number of carbonyl (C=O) groups is 1. The Labute approximate surface area is 187 Å². The zero-order valence-electron chi connectivity index (χ0n) is 19.5. The van der Waals surface area contributed by atoms with E-state index in [9.17, 15) is 4.79 Å². The number of carbonyl (C=O) groups excluding carboxylic acids is 1. The highest BCUT2D eigenvalue weighted by Crippen LogP contribution is 2.26. The van der Waals surface area contributed by atoms with Crippen LogP contribution in [0.5, 0.6) is 5.75 Å². The monoisotopic (exact) mass is 422 g/mol. The van der Waals surface area contributed by atoms with Gasteiger partial charge < -0.3 is 14.5 Å². The SMILES string of the molecule is CC1CCN(C(=O)c2ccc3cc(OCC(C)(C)CN4CCCCC4)ccc3c2)CC1. The van der Waals surface area contributed by atoms with Crippen molar-refractivity contribution in [2.75, 3.05) is 39.3 Å². The Morgan fingerprint density at radius 1 is 0.968 bits per heavy atom. The minimum Gasteiger partial charge on any atom is -0.493 e. The van der Waals surface area contributed by atoms with Gasteiger partial charge in [-0.15, -0.1) is 0 Å². The summed E-state index contributed by atoms with van der Waals surface area (Å²) in [6.07, 6.45) is 6.23. The lowest BCUT2D eigenvalue weighted by Gasteiger charge is -2.34. The summed E-state index contributed by atoms with van der Waals surface area (Å²) in [5, 5.41) is 2.21. The first-order chi connectivity index (χ1) is 14.9. The third-order valence-corrected chi connectivity index (χ3v) is 6.86. The molecule has 31 heavy (non-hydrogen) atoms. The fraction of sp³-hybridized carbons (Fsp3) is 0.593. The molecule has 168 valence electrons. The summed E-state index contributed by atoms with van der Waals surface area (Å²) in [6.45, 7) is 12.8. The average Bonchev–Trinajstić information content (AvgIpc) is 2.78. The van der Waals surface area contributed by atoms with Crippen molar-refractivity contribution in [3.63, 3.8) is 0 Å². The van der Waals surface area contributed by atoms with Crippen LogP contribution in [0, 0.1) is 11.3 Å². The molecule has 0 saturated carbocycles. The number of piperidine rings is 2. The molecule has 2 heterocycles. The molecule has 2 aliphatic rings. The number of nitrogens with zero attached hydrogens (tertiary/aromatic N) is 2. The second-order valence-corrected chi connectivity index (χ2v) is 10.5.